The zero-order valence-corrected chi connectivity index (χ0v) is 16.3. The molecule has 4 nitrogen and oxygen atoms in total. The summed E-state index contributed by atoms with van der Waals surface area (Å²) in [5.41, 5.74) is 0.391. The van der Waals surface area contributed by atoms with E-state index < -0.39 is 0 Å². The van der Waals surface area contributed by atoms with Gasteiger partial charge < -0.3 is 15.4 Å². The lowest BCUT2D eigenvalue weighted by Crippen LogP contribution is -2.68. The first-order chi connectivity index (χ1) is 9.66. The fourth-order valence-corrected chi connectivity index (χ4v) is 3.43. The third-order valence-electron chi connectivity index (χ3n) is 5.06. The summed E-state index contributed by atoms with van der Waals surface area (Å²) >= 11 is 0. The monoisotopic (exact) mass is 409 g/mol. The quantitative estimate of drug-likeness (QED) is 0.402. The van der Waals surface area contributed by atoms with E-state index >= 15 is 0 Å². The SMILES string of the molecule is CCN=C(NC(C)CC)NC1CC(OCC)C12CCC2.I. The van der Waals surface area contributed by atoms with E-state index in [0.29, 0.717) is 23.6 Å². The molecule has 0 aromatic rings. The van der Waals surface area contributed by atoms with Gasteiger partial charge in [-0.2, -0.15) is 0 Å². The van der Waals surface area contributed by atoms with Crippen LogP contribution in [0.4, 0.5) is 0 Å². The second-order valence-electron chi connectivity index (χ2n) is 6.24. The van der Waals surface area contributed by atoms with Gasteiger partial charge in [0.2, 0.25) is 0 Å². The van der Waals surface area contributed by atoms with Crippen molar-refractivity contribution in [2.45, 2.75) is 78.0 Å². The van der Waals surface area contributed by atoms with Crippen molar-refractivity contribution >= 4 is 29.9 Å². The molecule has 2 saturated carbocycles. The Morgan fingerprint density at radius 3 is 2.52 bits per heavy atom. The van der Waals surface area contributed by atoms with Gasteiger partial charge in [-0.25, -0.2) is 0 Å². The van der Waals surface area contributed by atoms with Crippen LogP contribution in [0, 0.1) is 5.41 Å². The highest BCUT2D eigenvalue weighted by molar-refractivity contribution is 14.0. The highest BCUT2D eigenvalue weighted by Gasteiger charge is 2.59. The Labute approximate surface area is 146 Å². The van der Waals surface area contributed by atoms with Crippen molar-refractivity contribution in [3.05, 3.63) is 0 Å². The first-order valence-electron chi connectivity index (χ1n) is 8.35. The van der Waals surface area contributed by atoms with Gasteiger partial charge in [-0.05, 0) is 46.5 Å². The highest BCUT2D eigenvalue weighted by atomic mass is 127. The van der Waals surface area contributed by atoms with Gasteiger partial charge in [-0.1, -0.05) is 13.3 Å². The van der Waals surface area contributed by atoms with Gasteiger partial charge in [-0.3, -0.25) is 4.99 Å². The molecule has 0 saturated heterocycles. The molecule has 2 aliphatic rings. The van der Waals surface area contributed by atoms with Crippen LogP contribution in [0.5, 0.6) is 0 Å². The number of halogens is 1. The second kappa shape index (κ2) is 8.56. The van der Waals surface area contributed by atoms with Crippen LogP contribution in [0.3, 0.4) is 0 Å². The molecule has 5 heteroatoms. The van der Waals surface area contributed by atoms with E-state index in [1.165, 1.54) is 19.3 Å². The number of hydrogen-bond donors (Lipinski definition) is 2. The van der Waals surface area contributed by atoms with Gasteiger partial charge in [0.05, 0.1) is 6.10 Å². The van der Waals surface area contributed by atoms with E-state index in [1.807, 2.05) is 0 Å². The molecule has 0 aromatic heterocycles. The average Bonchev–Trinajstić information content (AvgIpc) is 2.35. The number of hydrogen-bond acceptors (Lipinski definition) is 2. The van der Waals surface area contributed by atoms with Crippen LogP contribution in [0.25, 0.3) is 0 Å². The molecule has 0 aromatic carbocycles. The van der Waals surface area contributed by atoms with Crippen LogP contribution >= 0.6 is 24.0 Å². The maximum Gasteiger partial charge on any atom is 0.191 e. The van der Waals surface area contributed by atoms with E-state index in [4.69, 9.17) is 4.74 Å². The van der Waals surface area contributed by atoms with Crippen LogP contribution in [0.15, 0.2) is 4.99 Å². The lowest BCUT2D eigenvalue weighted by molar-refractivity contribution is -0.168. The summed E-state index contributed by atoms with van der Waals surface area (Å²) in [5, 5.41) is 7.16. The van der Waals surface area contributed by atoms with Crippen LogP contribution in [-0.4, -0.2) is 37.3 Å². The van der Waals surface area contributed by atoms with Gasteiger partial charge in [0, 0.05) is 30.7 Å². The molecule has 21 heavy (non-hydrogen) atoms. The summed E-state index contributed by atoms with van der Waals surface area (Å²) in [6, 6.07) is 1.00. The van der Waals surface area contributed by atoms with E-state index in [-0.39, 0.29) is 24.0 Å². The normalized spacial score (nSPS) is 28.1. The van der Waals surface area contributed by atoms with Crippen LogP contribution in [0.2, 0.25) is 0 Å². The first kappa shape index (κ1) is 19.0. The Balaban J connectivity index is 0.00000220. The first-order valence-corrected chi connectivity index (χ1v) is 8.35. The summed E-state index contributed by atoms with van der Waals surface area (Å²) in [7, 11) is 0. The predicted molar refractivity (Wildman–Crippen MR) is 99.5 cm³/mol. The van der Waals surface area contributed by atoms with Crippen LogP contribution < -0.4 is 10.6 Å². The van der Waals surface area contributed by atoms with E-state index in [0.717, 1.165) is 32.0 Å². The molecule has 2 rings (SSSR count). The molecule has 0 bridgehead atoms. The maximum absolute atomic E-state index is 5.91. The Morgan fingerprint density at radius 2 is 2.05 bits per heavy atom. The molecule has 0 amide bonds. The minimum Gasteiger partial charge on any atom is -0.378 e. The fourth-order valence-electron chi connectivity index (χ4n) is 3.43. The Hall–Kier alpha value is -0.0400. The standard InChI is InChI=1S/C16H31N3O.HI/c1-5-12(4)18-15(17-6-2)19-13-11-14(20-7-3)16(13)9-8-10-16;/h12-14H,5-11H2,1-4H3,(H2,17,18,19);1H. The molecule has 0 aliphatic heterocycles. The predicted octanol–water partition coefficient (Wildman–Crippen LogP) is 3.31. The third kappa shape index (κ3) is 4.03. The molecular formula is C16H32IN3O. The van der Waals surface area contributed by atoms with Gasteiger partial charge in [0.15, 0.2) is 5.96 Å². The zero-order valence-electron chi connectivity index (χ0n) is 13.9. The lowest BCUT2D eigenvalue weighted by atomic mass is 9.51. The minimum absolute atomic E-state index is 0. The van der Waals surface area contributed by atoms with Crippen molar-refractivity contribution < 1.29 is 4.74 Å². The average molecular weight is 409 g/mol. The number of ether oxygens (including phenoxy) is 1. The van der Waals surface area contributed by atoms with Crippen molar-refractivity contribution in [2.24, 2.45) is 10.4 Å². The Bertz CT molecular complexity index is 344. The second-order valence-corrected chi connectivity index (χ2v) is 6.24. The van der Waals surface area contributed by atoms with Gasteiger partial charge >= 0.3 is 0 Å². The molecule has 3 atom stereocenters. The van der Waals surface area contributed by atoms with E-state index in [9.17, 15) is 0 Å². The molecule has 2 fully saturated rings. The van der Waals surface area contributed by atoms with E-state index in [2.05, 4.69) is 43.3 Å². The fraction of sp³-hybridized carbons (Fsp3) is 0.938. The van der Waals surface area contributed by atoms with Crippen molar-refractivity contribution in [3.63, 3.8) is 0 Å². The van der Waals surface area contributed by atoms with E-state index in [1.54, 1.807) is 0 Å². The maximum atomic E-state index is 5.91. The Kier molecular flexibility index (Phi) is 7.74. The number of aliphatic imine (C=N–C) groups is 1. The number of nitrogens with one attached hydrogen (secondary N) is 2. The van der Waals surface area contributed by atoms with Crippen molar-refractivity contribution in [2.75, 3.05) is 13.2 Å². The molecule has 2 aliphatic carbocycles. The zero-order chi connectivity index (χ0) is 14.6. The minimum atomic E-state index is 0. The largest absolute Gasteiger partial charge is 0.378 e. The molecule has 0 heterocycles. The summed E-state index contributed by atoms with van der Waals surface area (Å²) in [6.45, 7) is 10.2. The Morgan fingerprint density at radius 1 is 1.33 bits per heavy atom. The smallest absolute Gasteiger partial charge is 0.191 e. The third-order valence-corrected chi connectivity index (χ3v) is 5.06. The van der Waals surface area contributed by atoms with Crippen molar-refractivity contribution in [3.8, 4) is 0 Å². The summed E-state index contributed by atoms with van der Waals surface area (Å²) in [5.74, 6) is 0.980. The molecule has 124 valence electrons. The van der Waals surface area contributed by atoms with Gasteiger partial charge in [0.25, 0.3) is 0 Å². The summed E-state index contributed by atoms with van der Waals surface area (Å²) in [4.78, 5) is 4.58. The number of nitrogens with zero attached hydrogens (tertiary/aromatic N) is 1. The van der Waals surface area contributed by atoms with Crippen LogP contribution in [-0.2, 0) is 4.74 Å². The summed E-state index contributed by atoms with van der Waals surface area (Å²) in [6.07, 6.45) is 6.66. The van der Waals surface area contributed by atoms with Crippen molar-refractivity contribution in [1.29, 1.82) is 0 Å². The topological polar surface area (TPSA) is 45.7 Å². The number of guanidine groups is 1. The van der Waals surface area contributed by atoms with Gasteiger partial charge in [0.1, 0.15) is 0 Å². The number of rotatable bonds is 6. The molecular weight excluding hydrogens is 377 g/mol. The van der Waals surface area contributed by atoms with Gasteiger partial charge in [-0.15, -0.1) is 24.0 Å². The molecule has 2 N–H and O–H groups in total. The highest BCUT2D eigenvalue weighted by Crippen LogP contribution is 2.57. The molecule has 0 radical (unpaired) electrons. The lowest BCUT2D eigenvalue weighted by Gasteiger charge is -2.61. The molecule has 3 unspecified atom stereocenters. The van der Waals surface area contributed by atoms with Crippen LogP contribution in [0.1, 0.15) is 59.8 Å². The van der Waals surface area contributed by atoms with Crippen molar-refractivity contribution in [1.82, 2.24) is 10.6 Å². The summed E-state index contributed by atoms with van der Waals surface area (Å²) < 4.78 is 5.91. The molecule has 1 spiro atoms.